The van der Waals surface area contributed by atoms with Crippen molar-refractivity contribution < 1.29 is 18.0 Å². The largest absolute Gasteiger partial charge is 0.352 e. The van der Waals surface area contributed by atoms with Crippen molar-refractivity contribution in [3.8, 4) is 0 Å². The first-order valence-electron chi connectivity index (χ1n) is 14.6. The Morgan fingerprint density at radius 3 is 2.24 bits per heavy atom. The average Bonchev–Trinajstić information content (AvgIpc) is 2.99. The quantitative estimate of drug-likeness (QED) is 0.272. The zero-order chi connectivity index (χ0) is 30.3. The van der Waals surface area contributed by atoms with Crippen molar-refractivity contribution >= 4 is 39.1 Å². The van der Waals surface area contributed by atoms with Crippen LogP contribution in [-0.4, -0.2) is 43.8 Å². The van der Waals surface area contributed by atoms with Crippen molar-refractivity contribution in [2.75, 3.05) is 10.8 Å². The molecule has 0 bridgehead atoms. The molecule has 3 aromatic rings. The Hall–Kier alpha value is -3.36. The van der Waals surface area contributed by atoms with E-state index in [1.165, 1.54) is 17.0 Å². The van der Waals surface area contributed by atoms with Crippen LogP contribution < -0.4 is 9.62 Å². The second-order valence-electron chi connectivity index (χ2n) is 11.0. The molecule has 1 atom stereocenters. The van der Waals surface area contributed by atoms with Crippen molar-refractivity contribution in [3.63, 3.8) is 0 Å². The van der Waals surface area contributed by atoms with Gasteiger partial charge in [-0.1, -0.05) is 91.9 Å². The number of nitrogens with zero attached hydrogens (tertiary/aromatic N) is 2. The molecular weight excluding hydrogens is 570 g/mol. The minimum atomic E-state index is -4.14. The number of amides is 2. The van der Waals surface area contributed by atoms with Crippen LogP contribution in [0.5, 0.6) is 0 Å². The van der Waals surface area contributed by atoms with Gasteiger partial charge in [0, 0.05) is 17.6 Å². The number of nitrogens with one attached hydrogen (secondary N) is 1. The molecule has 7 nitrogen and oxygen atoms in total. The molecule has 3 aromatic carbocycles. The molecule has 224 valence electrons. The fraction of sp³-hybridized carbons (Fsp3) is 0.394. The number of carbonyl (C=O) groups excluding carboxylic acids is 2. The topological polar surface area (TPSA) is 86.8 Å². The predicted molar refractivity (Wildman–Crippen MR) is 168 cm³/mol. The Bertz CT molecular complexity index is 1470. The van der Waals surface area contributed by atoms with Crippen LogP contribution in [0.3, 0.4) is 0 Å². The van der Waals surface area contributed by atoms with Crippen LogP contribution in [0.25, 0.3) is 0 Å². The molecule has 1 N–H and O–H groups in total. The molecule has 0 aromatic heterocycles. The minimum Gasteiger partial charge on any atom is -0.352 e. The lowest BCUT2D eigenvalue weighted by Gasteiger charge is -2.34. The lowest BCUT2D eigenvalue weighted by atomic mass is 9.95. The molecule has 1 fully saturated rings. The number of aryl methyl sites for hydroxylation is 2. The molecule has 0 spiro atoms. The number of hydrogen-bond acceptors (Lipinski definition) is 4. The maximum Gasteiger partial charge on any atom is 0.264 e. The number of benzene rings is 3. The standard InChI is InChI=1S/C33H40ClN3O4S/c1-4-31(33(39)35-27-11-7-5-8-12-27)36(22-26-18-15-24(2)16-19-26)32(38)23-37(28-20-17-25(3)30(34)21-28)42(40,41)29-13-9-6-10-14-29/h6,9-10,13-21,27,31H,4-5,7-8,11-12,22-23H2,1-3H3,(H,35,39)/t31-/m0/s1. The molecule has 2 amide bonds. The fourth-order valence-electron chi connectivity index (χ4n) is 5.34. The molecule has 4 rings (SSSR count). The van der Waals surface area contributed by atoms with Crippen LogP contribution in [0.1, 0.15) is 62.1 Å². The molecule has 0 saturated heterocycles. The Labute approximate surface area is 254 Å². The summed E-state index contributed by atoms with van der Waals surface area (Å²) in [6.45, 7) is 5.36. The van der Waals surface area contributed by atoms with Gasteiger partial charge in [0.05, 0.1) is 10.6 Å². The van der Waals surface area contributed by atoms with Crippen LogP contribution >= 0.6 is 11.6 Å². The van der Waals surface area contributed by atoms with Gasteiger partial charge in [-0.05, 0) is 68.5 Å². The van der Waals surface area contributed by atoms with E-state index in [2.05, 4.69) is 5.32 Å². The van der Waals surface area contributed by atoms with E-state index in [4.69, 9.17) is 11.6 Å². The maximum atomic E-state index is 14.2. The highest BCUT2D eigenvalue weighted by Gasteiger charge is 2.34. The first-order chi connectivity index (χ1) is 20.1. The number of halogens is 1. The van der Waals surface area contributed by atoms with Gasteiger partial charge in [-0.2, -0.15) is 0 Å². The van der Waals surface area contributed by atoms with E-state index >= 15 is 0 Å². The minimum absolute atomic E-state index is 0.0571. The third-order valence-corrected chi connectivity index (χ3v) is 10.1. The van der Waals surface area contributed by atoms with E-state index in [1.54, 1.807) is 36.4 Å². The molecule has 1 aliphatic carbocycles. The number of carbonyl (C=O) groups is 2. The zero-order valence-corrected chi connectivity index (χ0v) is 26.1. The first-order valence-corrected chi connectivity index (χ1v) is 16.4. The van der Waals surface area contributed by atoms with Crippen molar-refractivity contribution in [2.45, 2.75) is 82.8 Å². The molecule has 0 aliphatic heterocycles. The SMILES string of the molecule is CC[C@@H](C(=O)NC1CCCCC1)N(Cc1ccc(C)cc1)C(=O)CN(c1ccc(C)c(Cl)c1)S(=O)(=O)c1ccccc1. The highest BCUT2D eigenvalue weighted by molar-refractivity contribution is 7.92. The predicted octanol–water partition coefficient (Wildman–Crippen LogP) is 6.41. The van der Waals surface area contributed by atoms with Gasteiger partial charge in [-0.3, -0.25) is 13.9 Å². The van der Waals surface area contributed by atoms with E-state index in [9.17, 15) is 18.0 Å². The Morgan fingerprint density at radius 1 is 0.952 bits per heavy atom. The van der Waals surface area contributed by atoms with E-state index in [-0.39, 0.29) is 29.1 Å². The van der Waals surface area contributed by atoms with Crippen LogP contribution in [-0.2, 0) is 26.2 Å². The second-order valence-corrected chi connectivity index (χ2v) is 13.3. The fourth-order valence-corrected chi connectivity index (χ4v) is 6.94. The summed E-state index contributed by atoms with van der Waals surface area (Å²) in [4.78, 5) is 29.4. The summed E-state index contributed by atoms with van der Waals surface area (Å²) in [6, 6.07) is 20.0. The van der Waals surface area contributed by atoms with Gasteiger partial charge in [0.1, 0.15) is 12.6 Å². The lowest BCUT2D eigenvalue weighted by Crippen LogP contribution is -2.54. The van der Waals surface area contributed by atoms with E-state index < -0.39 is 28.5 Å². The number of rotatable bonds is 11. The smallest absolute Gasteiger partial charge is 0.264 e. The van der Waals surface area contributed by atoms with E-state index in [0.29, 0.717) is 11.4 Å². The Balaban J connectivity index is 1.71. The summed E-state index contributed by atoms with van der Waals surface area (Å²) in [5.74, 6) is -0.682. The summed E-state index contributed by atoms with van der Waals surface area (Å²) in [5, 5.41) is 3.56. The maximum absolute atomic E-state index is 14.2. The van der Waals surface area contributed by atoms with E-state index in [0.717, 1.165) is 53.1 Å². The molecule has 0 radical (unpaired) electrons. The van der Waals surface area contributed by atoms with Crippen molar-refractivity contribution in [1.29, 1.82) is 0 Å². The lowest BCUT2D eigenvalue weighted by molar-refractivity contribution is -0.140. The van der Waals surface area contributed by atoms with Crippen LogP contribution in [0, 0.1) is 13.8 Å². The zero-order valence-electron chi connectivity index (χ0n) is 24.6. The third-order valence-electron chi connectivity index (χ3n) is 7.86. The van der Waals surface area contributed by atoms with Gasteiger partial charge in [0.2, 0.25) is 11.8 Å². The monoisotopic (exact) mass is 609 g/mol. The van der Waals surface area contributed by atoms with Crippen molar-refractivity contribution in [2.24, 2.45) is 0 Å². The van der Waals surface area contributed by atoms with Crippen LogP contribution in [0.4, 0.5) is 5.69 Å². The summed E-state index contributed by atoms with van der Waals surface area (Å²) in [5.41, 5.74) is 3.00. The Morgan fingerprint density at radius 2 is 1.62 bits per heavy atom. The molecular formula is C33H40ClN3O4S. The number of anilines is 1. The average molecular weight is 610 g/mol. The summed E-state index contributed by atoms with van der Waals surface area (Å²) < 4.78 is 29.0. The molecule has 1 aliphatic rings. The van der Waals surface area contributed by atoms with Gasteiger partial charge in [-0.25, -0.2) is 8.42 Å². The highest BCUT2D eigenvalue weighted by Crippen LogP contribution is 2.29. The van der Waals surface area contributed by atoms with E-state index in [1.807, 2.05) is 45.0 Å². The third kappa shape index (κ3) is 7.72. The normalized spacial score (nSPS) is 14.7. The van der Waals surface area contributed by atoms with Gasteiger partial charge >= 0.3 is 0 Å². The Kier molecular flexibility index (Phi) is 10.7. The summed E-state index contributed by atoms with van der Waals surface area (Å²) in [7, 11) is -4.14. The van der Waals surface area contributed by atoms with Crippen LogP contribution in [0.15, 0.2) is 77.7 Å². The van der Waals surface area contributed by atoms with Crippen LogP contribution in [0.2, 0.25) is 5.02 Å². The summed E-state index contributed by atoms with van der Waals surface area (Å²) >= 11 is 6.41. The van der Waals surface area contributed by atoms with Gasteiger partial charge in [0.15, 0.2) is 0 Å². The summed E-state index contributed by atoms with van der Waals surface area (Å²) in [6.07, 6.45) is 5.53. The van der Waals surface area contributed by atoms with Gasteiger partial charge in [0.25, 0.3) is 10.0 Å². The second kappa shape index (κ2) is 14.2. The molecule has 0 unspecified atom stereocenters. The molecule has 0 heterocycles. The van der Waals surface area contributed by atoms with Crippen molar-refractivity contribution in [3.05, 3.63) is 94.5 Å². The highest BCUT2D eigenvalue weighted by atomic mass is 35.5. The van der Waals surface area contributed by atoms with Gasteiger partial charge in [-0.15, -0.1) is 0 Å². The molecule has 42 heavy (non-hydrogen) atoms. The van der Waals surface area contributed by atoms with Crippen molar-refractivity contribution in [1.82, 2.24) is 10.2 Å². The molecule has 1 saturated carbocycles. The number of hydrogen-bond donors (Lipinski definition) is 1. The first kappa shape index (κ1) is 31.6. The van der Waals surface area contributed by atoms with Gasteiger partial charge < -0.3 is 10.2 Å². The molecule has 9 heteroatoms. The number of sulfonamides is 1.